The Morgan fingerprint density at radius 3 is 2.20 bits per heavy atom. The van der Waals surface area contributed by atoms with E-state index in [-0.39, 0.29) is 40.6 Å². The summed E-state index contributed by atoms with van der Waals surface area (Å²) in [5.74, 6) is -1.58. The van der Waals surface area contributed by atoms with Crippen molar-refractivity contribution in [1.82, 2.24) is 0 Å². The van der Waals surface area contributed by atoms with Gasteiger partial charge in [-0.3, -0.25) is 4.79 Å². The second-order valence-electron chi connectivity index (χ2n) is 7.69. The lowest BCUT2D eigenvalue weighted by molar-refractivity contribution is -0.137. The summed E-state index contributed by atoms with van der Waals surface area (Å²) < 4.78 is 10.8. The van der Waals surface area contributed by atoms with Crippen LogP contribution >= 0.6 is 25.3 Å². The topological polar surface area (TPSA) is 159 Å². The Balaban J connectivity index is 0.000000307. The SMILES string of the molecule is COc1cc2c(O)cc(O)cc2[o+]c1-c1cc(O)c(O)c(O)c1.O=C(O)CCCCC(S)CCS. The first-order valence-electron chi connectivity index (χ1n) is 10.7. The molecule has 190 valence electrons. The van der Waals surface area contributed by atoms with E-state index in [9.17, 15) is 30.3 Å². The largest absolute Gasteiger partial charge is 0.507 e. The molecule has 1 heterocycles. The van der Waals surface area contributed by atoms with Crippen LogP contribution in [0.5, 0.6) is 34.5 Å². The van der Waals surface area contributed by atoms with Gasteiger partial charge in [-0.2, -0.15) is 25.3 Å². The second kappa shape index (κ2) is 13.1. The second-order valence-corrected chi connectivity index (χ2v) is 8.87. The first-order valence-corrected chi connectivity index (χ1v) is 11.8. The number of carbonyl (C=O) groups is 1. The van der Waals surface area contributed by atoms with Crippen molar-refractivity contribution in [2.24, 2.45) is 0 Å². The fourth-order valence-electron chi connectivity index (χ4n) is 3.22. The molecule has 2 aromatic carbocycles. The van der Waals surface area contributed by atoms with Crippen LogP contribution in [0.3, 0.4) is 0 Å². The average molecular weight is 526 g/mol. The normalized spacial score (nSPS) is 11.5. The Bertz CT molecular complexity index is 1140. The first kappa shape index (κ1) is 28.1. The van der Waals surface area contributed by atoms with Crippen molar-refractivity contribution in [1.29, 1.82) is 0 Å². The third-order valence-electron chi connectivity index (χ3n) is 5.01. The Morgan fingerprint density at radius 2 is 1.63 bits per heavy atom. The predicted molar refractivity (Wildman–Crippen MR) is 138 cm³/mol. The standard InChI is InChI=1S/C16H12O7.C8H16O2S2/c1-22-14-6-9-10(18)4-8(17)5-13(9)23-16(14)7-2-11(19)15(21)12(20)3-7;9-8(10)4-2-1-3-7(12)5-6-11/h2-6H,1H3,(H4-,17,18,19,20,21);7,11-12H,1-6H2,(H,9,10)/p+1. The van der Waals surface area contributed by atoms with Gasteiger partial charge >= 0.3 is 17.3 Å². The van der Waals surface area contributed by atoms with E-state index in [1.807, 2.05) is 0 Å². The summed E-state index contributed by atoms with van der Waals surface area (Å²) in [6.07, 6.45) is 3.99. The van der Waals surface area contributed by atoms with Gasteiger partial charge in [-0.05, 0) is 25.0 Å². The minimum absolute atomic E-state index is 0.135. The number of rotatable bonds is 9. The molecule has 1 aromatic heterocycles. The number of phenols is 5. The Hall–Kier alpha value is -3.18. The molecule has 0 saturated carbocycles. The molecule has 11 heteroatoms. The van der Waals surface area contributed by atoms with Gasteiger partial charge in [0.2, 0.25) is 5.75 Å². The highest BCUT2D eigenvalue weighted by molar-refractivity contribution is 7.81. The highest BCUT2D eigenvalue weighted by atomic mass is 32.1. The molecule has 1 unspecified atom stereocenters. The number of carboxylic acids is 1. The van der Waals surface area contributed by atoms with Crippen LogP contribution in [0.4, 0.5) is 0 Å². The summed E-state index contributed by atoms with van der Waals surface area (Å²) in [5, 5.41) is 57.2. The highest BCUT2D eigenvalue weighted by Crippen LogP contribution is 2.43. The van der Waals surface area contributed by atoms with Gasteiger partial charge in [-0.15, -0.1) is 0 Å². The zero-order chi connectivity index (χ0) is 26.1. The van der Waals surface area contributed by atoms with Gasteiger partial charge < -0.3 is 35.4 Å². The van der Waals surface area contributed by atoms with E-state index < -0.39 is 23.2 Å². The maximum Gasteiger partial charge on any atom is 0.402 e. The Labute approximate surface area is 213 Å². The summed E-state index contributed by atoms with van der Waals surface area (Å²) in [6.45, 7) is 0. The number of hydrogen-bond donors (Lipinski definition) is 8. The van der Waals surface area contributed by atoms with Crippen molar-refractivity contribution < 1.29 is 44.6 Å². The Morgan fingerprint density at radius 1 is 0.971 bits per heavy atom. The van der Waals surface area contributed by atoms with E-state index in [0.717, 1.165) is 37.5 Å². The van der Waals surface area contributed by atoms with Crippen molar-refractivity contribution in [3.8, 4) is 45.8 Å². The van der Waals surface area contributed by atoms with Gasteiger partial charge in [0.05, 0.1) is 18.7 Å². The molecule has 6 N–H and O–H groups in total. The molecular formula is C24H29O9S2+. The van der Waals surface area contributed by atoms with E-state index in [4.69, 9.17) is 14.3 Å². The predicted octanol–water partition coefficient (Wildman–Crippen LogP) is 5.17. The molecule has 0 saturated heterocycles. The van der Waals surface area contributed by atoms with Gasteiger partial charge in [-0.25, -0.2) is 4.42 Å². The van der Waals surface area contributed by atoms with Crippen LogP contribution in [0.15, 0.2) is 34.7 Å². The van der Waals surface area contributed by atoms with Crippen molar-refractivity contribution in [2.45, 2.75) is 37.4 Å². The van der Waals surface area contributed by atoms with Crippen molar-refractivity contribution >= 4 is 42.2 Å². The monoisotopic (exact) mass is 525 g/mol. The molecule has 3 aromatic rings. The van der Waals surface area contributed by atoms with Gasteiger partial charge in [-0.1, -0.05) is 6.42 Å². The number of carboxylic acid groups (broad SMARTS) is 1. The van der Waals surface area contributed by atoms with Gasteiger partial charge in [0.25, 0.3) is 0 Å². The van der Waals surface area contributed by atoms with Crippen LogP contribution < -0.4 is 4.74 Å². The fourth-order valence-corrected chi connectivity index (χ4v) is 4.05. The van der Waals surface area contributed by atoms with Gasteiger partial charge in [0.1, 0.15) is 16.9 Å². The van der Waals surface area contributed by atoms with Crippen LogP contribution in [0, 0.1) is 0 Å². The minimum atomic E-state index is -0.708. The van der Waals surface area contributed by atoms with E-state index in [1.54, 1.807) is 0 Å². The lowest BCUT2D eigenvalue weighted by Crippen LogP contribution is -2.00. The van der Waals surface area contributed by atoms with Crippen molar-refractivity contribution in [3.63, 3.8) is 0 Å². The number of ether oxygens (including phenoxy) is 1. The molecule has 0 radical (unpaired) electrons. The number of benzene rings is 2. The molecule has 0 spiro atoms. The average Bonchev–Trinajstić information content (AvgIpc) is 2.79. The van der Waals surface area contributed by atoms with E-state index in [0.29, 0.717) is 10.6 Å². The quantitative estimate of drug-likeness (QED) is 0.0816. The molecule has 0 bridgehead atoms. The summed E-state index contributed by atoms with van der Waals surface area (Å²) in [4.78, 5) is 10.1. The molecule has 35 heavy (non-hydrogen) atoms. The summed E-state index contributed by atoms with van der Waals surface area (Å²) in [6, 6.07) is 6.33. The lowest BCUT2D eigenvalue weighted by atomic mass is 10.1. The molecule has 9 nitrogen and oxygen atoms in total. The molecule has 0 amide bonds. The third-order valence-corrected chi connectivity index (χ3v) is 5.78. The van der Waals surface area contributed by atoms with Gasteiger partial charge in [0.15, 0.2) is 17.2 Å². The molecule has 0 aliphatic rings. The summed E-state index contributed by atoms with van der Waals surface area (Å²) in [7, 11) is 1.39. The maximum absolute atomic E-state index is 10.1. The first-order chi connectivity index (χ1) is 16.6. The minimum Gasteiger partial charge on any atom is -0.507 e. The van der Waals surface area contributed by atoms with Crippen LogP contribution in [-0.4, -0.2) is 54.7 Å². The Kier molecular flexibility index (Phi) is 10.5. The maximum atomic E-state index is 10.1. The van der Waals surface area contributed by atoms with Crippen molar-refractivity contribution in [2.75, 3.05) is 12.9 Å². The number of hydrogen-bond acceptors (Lipinski definition) is 9. The van der Waals surface area contributed by atoms with Crippen LogP contribution in [-0.2, 0) is 4.79 Å². The zero-order valence-corrected chi connectivity index (χ0v) is 20.8. The van der Waals surface area contributed by atoms with E-state index in [2.05, 4.69) is 25.3 Å². The van der Waals surface area contributed by atoms with Crippen LogP contribution in [0.2, 0.25) is 0 Å². The highest BCUT2D eigenvalue weighted by Gasteiger charge is 2.26. The molecule has 1 atom stereocenters. The summed E-state index contributed by atoms with van der Waals surface area (Å²) >= 11 is 8.43. The van der Waals surface area contributed by atoms with E-state index >= 15 is 0 Å². The molecular weight excluding hydrogens is 496 g/mol. The number of aliphatic carboxylic acids is 1. The molecule has 0 aliphatic heterocycles. The van der Waals surface area contributed by atoms with Crippen LogP contribution in [0.1, 0.15) is 32.1 Å². The smallest absolute Gasteiger partial charge is 0.402 e. The van der Waals surface area contributed by atoms with Crippen LogP contribution in [0.25, 0.3) is 22.3 Å². The number of aromatic hydroxyl groups is 5. The fraction of sp³-hybridized carbons (Fsp3) is 0.333. The number of phenolic OH excluding ortho intramolecular Hbond substituents is 5. The van der Waals surface area contributed by atoms with E-state index in [1.165, 1.54) is 31.4 Å². The van der Waals surface area contributed by atoms with Gasteiger partial charge in [0, 0.05) is 35.9 Å². The lowest BCUT2D eigenvalue weighted by Gasteiger charge is -2.06. The number of unbranched alkanes of at least 4 members (excludes halogenated alkanes) is 1. The number of methoxy groups -OCH3 is 1. The molecule has 3 rings (SSSR count). The third kappa shape index (κ3) is 7.93. The number of fused-ring (bicyclic) bond motifs is 1. The summed E-state index contributed by atoms with van der Waals surface area (Å²) in [5.41, 5.74) is 0.407. The zero-order valence-electron chi connectivity index (χ0n) is 19.0. The molecule has 0 fully saturated rings. The van der Waals surface area contributed by atoms with Crippen molar-refractivity contribution in [3.05, 3.63) is 30.3 Å². The molecule has 0 aliphatic carbocycles. The number of thiol groups is 2.